The van der Waals surface area contributed by atoms with Crippen LogP contribution in [0.3, 0.4) is 0 Å². The lowest BCUT2D eigenvalue weighted by atomic mass is 9.99. The first kappa shape index (κ1) is 23.5. The molecule has 0 radical (unpaired) electrons. The molecule has 0 aliphatic carbocycles. The van der Waals surface area contributed by atoms with Crippen molar-refractivity contribution in [3.63, 3.8) is 0 Å². The molecule has 3 heterocycles. The van der Waals surface area contributed by atoms with Gasteiger partial charge in [-0.3, -0.25) is 4.79 Å². The van der Waals surface area contributed by atoms with Crippen LogP contribution >= 0.6 is 0 Å². The number of hydrogen-bond acceptors (Lipinski definition) is 6. The summed E-state index contributed by atoms with van der Waals surface area (Å²) in [5.41, 5.74) is 7.95. The number of nitrogens with zero attached hydrogens (tertiary/aromatic N) is 5. The van der Waals surface area contributed by atoms with Crippen molar-refractivity contribution in [2.45, 2.75) is 26.3 Å². The Labute approximate surface area is 220 Å². The molecule has 0 unspecified atom stereocenters. The van der Waals surface area contributed by atoms with Crippen LogP contribution in [0.4, 0.5) is 11.5 Å². The molecule has 38 heavy (non-hydrogen) atoms. The quantitative estimate of drug-likeness (QED) is 0.340. The number of aromatic nitrogens is 5. The van der Waals surface area contributed by atoms with Crippen molar-refractivity contribution >= 4 is 17.4 Å². The molecule has 0 spiro atoms. The smallest absolute Gasteiger partial charge is 0.228 e. The third kappa shape index (κ3) is 5.01. The van der Waals surface area contributed by atoms with E-state index < -0.39 is 0 Å². The van der Waals surface area contributed by atoms with Gasteiger partial charge in [0.05, 0.1) is 12.1 Å². The number of aromatic amines is 1. The third-order valence-electron chi connectivity index (χ3n) is 6.84. The van der Waals surface area contributed by atoms with E-state index in [0.29, 0.717) is 17.9 Å². The Bertz CT molecular complexity index is 1580. The topological polar surface area (TPSA) is 99.7 Å². The van der Waals surface area contributed by atoms with E-state index in [1.54, 1.807) is 0 Å². The maximum absolute atomic E-state index is 13.0. The molecule has 0 saturated carbocycles. The van der Waals surface area contributed by atoms with Gasteiger partial charge in [0.15, 0.2) is 5.82 Å². The van der Waals surface area contributed by atoms with Crippen LogP contribution in [0.2, 0.25) is 0 Å². The molecule has 5 aromatic rings. The monoisotopic (exact) mass is 501 g/mol. The van der Waals surface area contributed by atoms with E-state index in [0.717, 1.165) is 47.7 Å². The van der Waals surface area contributed by atoms with Crippen LogP contribution < -0.4 is 10.2 Å². The van der Waals surface area contributed by atoms with Crippen molar-refractivity contribution in [1.82, 2.24) is 25.6 Å². The van der Waals surface area contributed by atoms with Gasteiger partial charge in [-0.2, -0.15) is 0 Å². The molecule has 1 amide bonds. The Morgan fingerprint density at radius 3 is 2.50 bits per heavy atom. The maximum atomic E-state index is 13.0. The zero-order valence-electron chi connectivity index (χ0n) is 21.1. The molecule has 8 heteroatoms. The van der Waals surface area contributed by atoms with Crippen molar-refractivity contribution in [2.24, 2.45) is 0 Å². The minimum Gasteiger partial charge on any atom is -0.352 e. The molecular weight excluding hydrogens is 474 g/mol. The van der Waals surface area contributed by atoms with Gasteiger partial charge in [0.2, 0.25) is 5.91 Å². The van der Waals surface area contributed by atoms with Crippen LogP contribution in [-0.2, 0) is 24.2 Å². The number of aryl methyl sites for hydroxylation is 1. The molecule has 2 aromatic heterocycles. The number of hydrogen-bond donors (Lipinski definition) is 2. The first-order valence-corrected chi connectivity index (χ1v) is 12.6. The van der Waals surface area contributed by atoms with E-state index >= 15 is 0 Å². The zero-order valence-corrected chi connectivity index (χ0v) is 21.1. The van der Waals surface area contributed by atoms with Crippen molar-refractivity contribution < 1.29 is 4.79 Å². The minimum atomic E-state index is -0.0753. The van der Waals surface area contributed by atoms with Gasteiger partial charge in [-0.05, 0) is 46.5 Å². The van der Waals surface area contributed by atoms with Crippen LogP contribution in [-0.4, -0.2) is 38.1 Å². The number of fused-ring (bicyclic) bond motifs is 1. The van der Waals surface area contributed by atoms with E-state index in [-0.39, 0.29) is 5.91 Å². The highest BCUT2D eigenvalue weighted by molar-refractivity contribution is 5.93. The summed E-state index contributed by atoms with van der Waals surface area (Å²) in [4.78, 5) is 20.4. The normalized spacial score (nSPS) is 12.7. The predicted molar refractivity (Wildman–Crippen MR) is 148 cm³/mol. The van der Waals surface area contributed by atoms with E-state index in [2.05, 4.69) is 55.1 Å². The lowest BCUT2D eigenvalue weighted by Gasteiger charge is -2.30. The number of anilines is 2. The van der Waals surface area contributed by atoms with Gasteiger partial charge in [-0.1, -0.05) is 78.4 Å². The molecule has 188 valence electrons. The first-order valence-electron chi connectivity index (χ1n) is 12.6. The average molecular weight is 502 g/mol. The van der Waals surface area contributed by atoms with Gasteiger partial charge >= 0.3 is 0 Å². The van der Waals surface area contributed by atoms with Gasteiger partial charge in [0.25, 0.3) is 0 Å². The molecular formula is C30H27N7O. The Morgan fingerprint density at radius 2 is 1.71 bits per heavy atom. The Balaban J connectivity index is 1.37. The van der Waals surface area contributed by atoms with E-state index in [1.165, 1.54) is 16.7 Å². The summed E-state index contributed by atoms with van der Waals surface area (Å²) in [6.45, 7) is 3.64. The molecule has 1 aliphatic heterocycles. The average Bonchev–Trinajstić information content (AvgIpc) is 3.49. The van der Waals surface area contributed by atoms with Crippen molar-refractivity contribution in [1.29, 1.82) is 0 Å². The van der Waals surface area contributed by atoms with Crippen molar-refractivity contribution in [3.05, 3.63) is 107 Å². The van der Waals surface area contributed by atoms with Crippen LogP contribution in [0.5, 0.6) is 0 Å². The number of carbonyl (C=O) groups excluding carboxylic acids is 1. The highest BCUT2D eigenvalue weighted by atomic mass is 16.1. The molecule has 0 fully saturated rings. The number of rotatable bonds is 6. The fraction of sp³-hybridized carbons (Fsp3) is 0.167. The minimum absolute atomic E-state index is 0.0753. The van der Waals surface area contributed by atoms with Gasteiger partial charge in [-0.25, -0.2) is 10.1 Å². The summed E-state index contributed by atoms with van der Waals surface area (Å²) in [5, 5.41) is 17.6. The number of amides is 1. The van der Waals surface area contributed by atoms with Crippen LogP contribution in [0.1, 0.15) is 22.3 Å². The van der Waals surface area contributed by atoms with E-state index in [1.807, 2.05) is 67.6 Å². The van der Waals surface area contributed by atoms with Gasteiger partial charge in [0.1, 0.15) is 5.82 Å². The molecule has 0 atom stereocenters. The summed E-state index contributed by atoms with van der Waals surface area (Å²) in [6, 6.07) is 28.3. The van der Waals surface area contributed by atoms with Crippen molar-refractivity contribution in [2.75, 3.05) is 16.8 Å². The van der Waals surface area contributed by atoms with Crippen LogP contribution in [0.15, 0.2) is 84.9 Å². The number of pyridine rings is 1. The number of nitrogens with one attached hydrogen (secondary N) is 2. The van der Waals surface area contributed by atoms with E-state index in [9.17, 15) is 4.79 Å². The summed E-state index contributed by atoms with van der Waals surface area (Å²) in [7, 11) is 0. The Morgan fingerprint density at radius 1 is 0.947 bits per heavy atom. The Kier molecular flexibility index (Phi) is 6.35. The fourth-order valence-electron chi connectivity index (χ4n) is 4.86. The number of tetrazole rings is 1. The summed E-state index contributed by atoms with van der Waals surface area (Å²) >= 11 is 0. The second kappa shape index (κ2) is 10.3. The van der Waals surface area contributed by atoms with Crippen molar-refractivity contribution in [3.8, 4) is 22.6 Å². The fourth-order valence-corrected chi connectivity index (χ4v) is 4.86. The molecule has 8 nitrogen and oxygen atoms in total. The number of benzene rings is 3. The third-order valence-corrected chi connectivity index (χ3v) is 6.84. The lowest BCUT2D eigenvalue weighted by Crippen LogP contribution is -2.31. The number of H-pyrrole nitrogens is 1. The van der Waals surface area contributed by atoms with Crippen LogP contribution in [0.25, 0.3) is 22.6 Å². The summed E-state index contributed by atoms with van der Waals surface area (Å²) in [5.74, 6) is 1.30. The largest absolute Gasteiger partial charge is 0.352 e. The molecule has 6 rings (SSSR count). The van der Waals surface area contributed by atoms with Crippen LogP contribution in [0, 0.1) is 6.92 Å². The first-order chi connectivity index (χ1) is 18.6. The lowest BCUT2D eigenvalue weighted by molar-refractivity contribution is -0.115. The molecule has 2 N–H and O–H groups in total. The molecule has 3 aromatic carbocycles. The molecule has 0 bridgehead atoms. The highest BCUT2D eigenvalue weighted by Gasteiger charge is 2.20. The van der Waals surface area contributed by atoms with Gasteiger partial charge < -0.3 is 10.2 Å². The Hall–Kier alpha value is -4.85. The van der Waals surface area contributed by atoms with E-state index in [4.69, 9.17) is 4.98 Å². The number of carbonyl (C=O) groups is 1. The predicted octanol–water partition coefficient (Wildman–Crippen LogP) is 4.98. The second-order valence-electron chi connectivity index (χ2n) is 9.55. The zero-order chi connectivity index (χ0) is 25.9. The van der Waals surface area contributed by atoms with Gasteiger partial charge in [0, 0.05) is 36.0 Å². The second-order valence-corrected chi connectivity index (χ2v) is 9.55. The van der Waals surface area contributed by atoms with Gasteiger partial charge in [-0.15, -0.1) is 5.10 Å². The molecule has 1 aliphatic rings. The standard InChI is InChI=1S/C30H27N7O/c1-20-10-12-21(13-11-20)16-29(38)31-24-17-27(25-8-4-5-9-26(25)30-33-35-36-34-30)32-28(18-24)37-15-14-22-6-2-3-7-23(22)19-37/h2-13,17-18H,14-16,19H2,1H3,(H,31,32,38)(H,33,34,35,36). The SMILES string of the molecule is Cc1ccc(CC(=O)Nc2cc(-c3ccccc3-c3nnn[nH]3)nc(N3CCc4ccccc4C3)c2)cc1. The highest BCUT2D eigenvalue weighted by Crippen LogP contribution is 2.33. The summed E-state index contributed by atoms with van der Waals surface area (Å²) < 4.78 is 0. The summed E-state index contributed by atoms with van der Waals surface area (Å²) in [6.07, 6.45) is 1.24. The molecule has 0 saturated heterocycles. The maximum Gasteiger partial charge on any atom is 0.228 e.